The van der Waals surface area contributed by atoms with E-state index in [2.05, 4.69) is 17.4 Å². The van der Waals surface area contributed by atoms with Crippen LogP contribution in [-0.2, 0) is 0 Å². The van der Waals surface area contributed by atoms with E-state index in [1.807, 2.05) is 0 Å². The van der Waals surface area contributed by atoms with Gasteiger partial charge in [0.2, 0.25) is 0 Å². The van der Waals surface area contributed by atoms with Gasteiger partial charge in [-0.05, 0) is 31.2 Å². The zero-order valence-corrected chi connectivity index (χ0v) is 8.21. The fourth-order valence-electron chi connectivity index (χ4n) is 1.54. The largest absolute Gasteiger partial charge is 0.409 e. The molecular formula is C9H19N3O. The second kappa shape index (κ2) is 4.46. The van der Waals surface area contributed by atoms with Crippen molar-refractivity contribution in [3.8, 4) is 0 Å². The van der Waals surface area contributed by atoms with Gasteiger partial charge in [0.05, 0.1) is 0 Å². The molecule has 1 aliphatic carbocycles. The van der Waals surface area contributed by atoms with Gasteiger partial charge in [0.25, 0.3) is 0 Å². The van der Waals surface area contributed by atoms with Crippen LogP contribution in [-0.4, -0.2) is 24.1 Å². The lowest BCUT2D eigenvalue weighted by Gasteiger charge is -2.14. The Kier molecular flexibility index (Phi) is 3.54. The summed E-state index contributed by atoms with van der Waals surface area (Å²) in [6.07, 6.45) is 4.26. The molecule has 0 aliphatic heterocycles. The summed E-state index contributed by atoms with van der Waals surface area (Å²) in [7, 11) is 0. The lowest BCUT2D eigenvalue weighted by molar-refractivity contribution is 0.314. The first-order valence-corrected chi connectivity index (χ1v) is 4.89. The van der Waals surface area contributed by atoms with E-state index in [9.17, 15) is 0 Å². The minimum absolute atomic E-state index is 0.297. The Balaban J connectivity index is 2.22. The smallest absolute Gasteiger partial charge is 0.139 e. The molecule has 4 heteroatoms. The normalized spacial score (nSPS) is 20.2. The number of hydrogen-bond acceptors (Lipinski definition) is 3. The topological polar surface area (TPSA) is 70.6 Å². The van der Waals surface area contributed by atoms with E-state index in [1.165, 1.54) is 12.8 Å². The van der Waals surface area contributed by atoms with Gasteiger partial charge < -0.3 is 16.3 Å². The molecule has 0 aromatic carbocycles. The van der Waals surface area contributed by atoms with Gasteiger partial charge in [-0.25, -0.2) is 0 Å². The van der Waals surface area contributed by atoms with Crippen LogP contribution >= 0.6 is 0 Å². The molecule has 0 unspecified atom stereocenters. The van der Waals surface area contributed by atoms with E-state index in [1.54, 1.807) is 0 Å². The Morgan fingerprint density at radius 2 is 2.31 bits per heavy atom. The molecular weight excluding hydrogens is 166 g/mol. The number of hydrogen-bond donors (Lipinski definition) is 3. The van der Waals surface area contributed by atoms with Gasteiger partial charge in [0.15, 0.2) is 0 Å². The van der Waals surface area contributed by atoms with Crippen LogP contribution in [0.3, 0.4) is 0 Å². The molecule has 0 aromatic rings. The van der Waals surface area contributed by atoms with Crippen molar-refractivity contribution in [3.05, 3.63) is 0 Å². The van der Waals surface area contributed by atoms with E-state index in [0.29, 0.717) is 11.3 Å². The van der Waals surface area contributed by atoms with Gasteiger partial charge in [-0.2, -0.15) is 0 Å². The number of nitrogens with one attached hydrogen (secondary N) is 1. The van der Waals surface area contributed by atoms with E-state index < -0.39 is 0 Å². The monoisotopic (exact) mass is 185 g/mol. The van der Waals surface area contributed by atoms with Gasteiger partial charge in [0, 0.05) is 13.0 Å². The van der Waals surface area contributed by atoms with Crippen LogP contribution in [0.2, 0.25) is 0 Å². The van der Waals surface area contributed by atoms with Crippen LogP contribution in [0.5, 0.6) is 0 Å². The standard InChI is InChI=1S/C9H19N3O/c1-2-5-11-7-9(3-4-9)6-8(10)12-13/h11,13H,2-7H2,1H3,(H2,10,12). The zero-order valence-electron chi connectivity index (χ0n) is 8.21. The third kappa shape index (κ3) is 3.22. The summed E-state index contributed by atoms with van der Waals surface area (Å²) in [5.41, 5.74) is 5.77. The maximum atomic E-state index is 8.44. The van der Waals surface area contributed by atoms with Crippen LogP contribution in [0.15, 0.2) is 5.16 Å². The first-order valence-electron chi connectivity index (χ1n) is 4.89. The number of nitrogens with zero attached hydrogens (tertiary/aromatic N) is 1. The molecule has 0 heterocycles. The molecule has 0 spiro atoms. The maximum Gasteiger partial charge on any atom is 0.139 e. The molecule has 76 valence electrons. The van der Waals surface area contributed by atoms with Crippen LogP contribution < -0.4 is 11.1 Å². The molecule has 1 saturated carbocycles. The average Bonchev–Trinajstić information content (AvgIpc) is 2.86. The van der Waals surface area contributed by atoms with Gasteiger partial charge in [-0.15, -0.1) is 0 Å². The van der Waals surface area contributed by atoms with Crippen molar-refractivity contribution in [2.75, 3.05) is 13.1 Å². The third-order valence-electron chi connectivity index (χ3n) is 2.57. The summed E-state index contributed by atoms with van der Waals surface area (Å²) in [5, 5.41) is 14.8. The SMILES string of the molecule is CCCNCC1(CC(N)=NO)CC1. The Hall–Kier alpha value is -0.770. The second-order valence-corrected chi connectivity index (χ2v) is 3.94. The van der Waals surface area contributed by atoms with E-state index >= 15 is 0 Å². The Morgan fingerprint density at radius 3 is 2.77 bits per heavy atom. The Morgan fingerprint density at radius 1 is 1.62 bits per heavy atom. The molecule has 0 amide bonds. The van der Waals surface area contributed by atoms with Crippen LogP contribution in [0.4, 0.5) is 0 Å². The van der Waals surface area contributed by atoms with Crippen molar-refractivity contribution in [3.63, 3.8) is 0 Å². The molecule has 0 atom stereocenters. The van der Waals surface area contributed by atoms with Crippen LogP contribution in [0.1, 0.15) is 32.6 Å². The number of rotatable bonds is 6. The highest BCUT2D eigenvalue weighted by Crippen LogP contribution is 2.48. The fraction of sp³-hybridized carbons (Fsp3) is 0.889. The zero-order chi connectivity index (χ0) is 9.73. The molecule has 0 bridgehead atoms. The number of amidine groups is 1. The minimum atomic E-state index is 0.297. The second-order valence-electron chi connectivity index (χ2n) is 3.94. The summed E-state index contributed by atoms with van der Waals surface area (Å²) in [6.45, 7) is 4.20. The van der Waals surface area contributed by atoms with E-state index in [-0.39, 0.29) is 0 Å². The molecule has 0 radical (unpaired) electrons. The molecule has 4 N–H and O–H groups in total. The molecule has 0 saturated heterocycles. The predicted octanol–water partition coefficient (Wildman–Crippen LogP) is 0.903. The summed E-state index contributed by atoms with van der Waals surface area (Å²) < 4.78 is 0. The summed E-state index contributed by atoms with van der Waals surface area (Å²) in [5.74, 6) is 0.357. The Labute approximate surface area is 79.2 Å². The summed E-state index contributed by atoms with van der Waals surface area (Å²) >= 11 is 0. The van der Waals surface area contributed by atoms with Crippen molar-refractivity contribution >= 4 is 5.84 Å². The highest BCUT2D eigenvalue weighted by atomic mass is 16.4. The van der Waals surface area contributed by atoms with Crippen LogP contribution in [0, 0.1) is 5.41 Å². The van der Waals surface area contributed by atoms with Gasteiger partial charge in [-0.1, -0.05) is 12.1 Å². The highest BCUT2D eigenvalue weighted by molar-refractivity contribution is 5.80. The lowest BCUT2D eigenvalue weighted by atomic mass is 10.0. The fourth-order valence-corrected chi connectivity index (χ4v) is 1.54. The molecule has 0 aromatic heterocycles. The first-order chi connectivity index (χ1) is 6.22. The third-order valence-corrected chi connectivity index (χ3v) is 2.57. The van der Waals surface area contributed by atoms with Crippen molar-refractivity contribution in [2.45, 2.75) is 32.6 Å². The van der Waals surface area contributed by atoms with Gasteiger partial charge in [-0.3, -0.25) is 0 Å². The van der Waals surface area contributed by atoms with Crippen molar-refractivity contribution in [2.24, 2.45) is 16.3 Å². The first kappa shape index (κ1) is 10.3. The Bertz CT molecular complexity index is 187. The average molecular weight is 185 g/mol. The summed E-state index contributed by atoms with van der Waals surface area (Å²) in [6, 6.07) is 0. The minimum Gasteiger partial charge on any atom is -0.409 e. The van der Waals surface area contributed by atoms with E-state index in [4.69, 9.17) is 10.9 Å². The van der Waals surface area contributed by atoms with E-state index in [0.717, 1.165) is 25.9 Å². The van der Waals surface area contributed by atoms with Gasteiger partial charge in [0.1, 0.15) is 5.84 Å². The van der Waals surface area contributed by atoms with Crippen molar-refractivity contribution in [1.82, 2.24) is 5.32 Å². The van der Waals surface area contributed by atoms with Crippen molar-refractivity contribution in [1.29, 1.82) is 0 Å². The van der Waals surface area contributed by atoms with Crippen molar-refractivity contribution < 1.29 is 5.21 Å². The van der Waals surface area contributed by atoms with Crippen LogP contribution in [0.25, 0.3) is 0 Å². The number of oxime groups is 1. The molecule has 1 aliphatic rings. The van der Waals surface area contributed by atoms with Gasteiger partial charge >= 0.3 is 0 Å². The highest BCUT2D eigenvalue weighted by Gasteiger charge is 2.42. The lowest BCUT2D eigenvalue weighted by Crippen LogP contribution is -2.28. The predicted molar refractivity (Wildman–Crippen MR) is 52.9 cm³/mol. The molecule has 1 fully saturated rings. The molecule has 13 heavy (non-hydrogen) atoms. The number of nitrogens with two attached hydrogens (primary N) is 1. The summed E-state index contributed by atoms with van der Waals surface area (Å²) in [4.78, 5) is 0. The molecule has 4 nitrogen and oxygen atoms in total. The molecule has 1 rings (SSSR count). The quantitative estimate of drug-likeness (QED) is 0.189. The maximum absolute atomic E-state index is 8.44.